The quantitative estimate of drug-likeness (QED) is 0.472. The van der Waals surface area contributed by atoms with E-state index in [0.29, 0.717) is 5.56 Å². The highest BCUT2D eigenvalue weighted by atomic mass is 32.2. The lowest BCUT2D eigenvalue weighted by Crippen LogP contribution is -2.26. The van der Waals surface area contributed by atoms with Gasteiger partial charge in [-0.15, -0.1) is 11.3 Å². The third-order valence-corrected chi connectivity index (χ3v) is 6.93. The van der Waals surface area contributed by atoms with Crippen LogP contribution in [0.2, 0.25) is 0 Å². The first-order valence-electron chi connectivity index (χ1n) is 8.14. The molecule has 0 aliphatic heterocycles. The first-order chi connectivity index (χ1) is 13.9. The van der Waals surface area contributed by atoms with E-state index in [1.54, 1.807) is 29.9 Å². The van der Waals surface area contributed by atoms with Gasteiger partial charge in [0.1, 0.15) is 9.77 Å². The van der Waals surface area contributed by atoms with E-state index in [2.05, 4.69) is 15.1 Å². The minimum absolute atomic E-state index is 0.0242. The Bertz CT molecular complexity index is 1270. The number of hydrogen-bond acceptors (Lipinski definition) is 7. The van der Waals surface area contributed by atoms with Gasteiger partial charge in [-0.2, -0.15) is 4.98 Å². The lowest BCUT2D eigenvalue weighted by atomic mass is 10.3. The van der Waals surface area contributed by atoms with Crippen LogP contribution in [0.25, 0.3) is 22.2 Å². The summed E-state index contributed by atoms with van der Waals surface area (Å²) in [5.74, 6) is -1.92. The van der Waals surface area contributed by atoms with Crippen LogP contribution in [0.15, 0.2) is 63.6 Å². The number of sulfonamides is 1. The van der Waals surface area contributed by atoms with Crippen LogP contribution in [-0.4, -0.2) is 30.6 Å². The molecular formula is C18H12F2N4O3S2. The Labute approximate surface area is 168 Å². The molecule has 4 aromatic rings. The lowest BCUT2D eigenvalue weighted by molar-refractivity contribution is 0.432. The molecule has 0 N–H and O–H groups in total. The molecule has 1 aromatic carbocycles. The van der Waals surface area contributed by atoms with Crippen molar-refractivity contribution in [3.8, 4) is 22.2 Å². The first kappa shape index (κ1) is 19.2. The Hall–Kier alpha value is -3.18. The number of thiophene rings is 1. The molecule has 0 aliphatic carbocycles. The second-order valence-corrected chi connectivity index (χ2v) is 8.70. The zero-order valence-corrected chi connectivity index (χ0v) is 16.4. The van der Waals surface area contributed by atoms with Crippen LogP contribution in [0.4, 0.5) is 14.5 Å². The molecule has 0 atom stereocenters. The molecule has 0 fully saturated rings. The van der Waals surface area contributed by atoms with E-state index in [-0.39, 0.29) is 27.2 Å². The van der Waals surface area contributed by atoms with Gasteiger partial charge in [-0.25, -0.2) is 17.2 Å². The van der Waals surface area contributed by atoms with Crippen molar-refractivity contribution in [2.24, 2.45) is 0 Å². The number of anilines is 1. The molecule has 3 heterocycles. The molecule has 0 saturated carbocycles. The zero-order valence-electron chi connectivity index (χ0n) is 14.8. The standard InChI is InChI=1S/C18H12F2N4O3S2/c1-24(12-4-5-13(19)14(20)9-12)29(25,26)15-6-8-28-16(15)18-22-17(23-27-18)11-3-2-7-21-10-11/h2-10H,1H3. The highest BCUT2D eigenvalue weighted by molar-refractivity contribution is 7.93. The van der Waals surface area contributed by atoms with Crippen LogP contribution >= 0.6 is 11.3 Å². The monoisotopic (exact) mass is 434 g/mol. The lowest BCUT2D eigenvalue weighted by Gasteiger charge is -2.19. The third kappa shape index (κ3) is 3.49. The summed E-state index contributed by atoms with van der Waals surface area (Å²) in [6.07, 6.45) is 3.15. The van der Waals surface area contributed by atoms with Gasteiger partial charge in [-0.1, -0.05) is 5.16 Å². The van der Waals surface area contributed by atoms with Crippen LogP contribution in [-0.2, 0) is 10.0 Å². The number of aromatic nitrogens is 3. The van der Waals surface area contributed by atoms with Crippen LogP contribution in [0, 0.1) is 11.6 Å². The second kappa shape index (κ2) is 7.33. The summed E-state index contributed by atoms with van der Waals surface area (Å²) in [7, 11) is -2.85. The van der Waals surface area contributed by atoms with E-state index < -0.39 is 21.7 Å². The molecule has 29 heavy (non-hydrogen) atoms. The molecule has 7 nitrogen and oxygen atoms in total. The SMILES string of the molecule is CN(c1ccc(F)c(F)c1)S(=O)(=O)c1ccsc1-c1nc(-c2cccnc2)no1. The third-order valence-electron chi connectivity index (χ3n) is 4.07. The van der Waals surface area contributed by atoms with Gasteiger partial charge >= 0.3 is 0 Å². The summed E-state index contributed by atoms with van der Waals surface area (Å²) in [6, 6.07) is 7.69. The molecule has 0 amide bonds. The first-order valence-corrected chi connectivity index (χ1v) is 10.5. The van der Waals surface area contributed by atoms with E-state index >= 15 is 0 Å². The Morgan fingerprint density at radius 1 is 1.14 bits per heavy atom. The van der Waals surface area contributed by atoms with Gasteiger partial charge in [0.25, 0.3) is 15.9 Å². The Balaban J connectivity index is 1.72. The summed E-state index contributed by atoms with van der Waals surface area (Å²) < 4.78 is 59.0. The van der Waals surface area contributed by atoms with Gasteiger partial charge in [-0.3, -0.25) is 9.29 Å². The molecule has 0 saturated heterocycles. The fraction of sp³-hybridized carbons (Fsp3) is 0.0556. The fourth-order valence-corrected chi connectivity index (χ4v) is 5.05. The molecule has 148 valence electrons. The van der Waals surface area contributed by atoms with Crippen molar-refractivity contribution in [1.82, 2.24) is 15.1 Å². The van der Waals surface area contributed by atoms with Gasteiger partial charge in [0.05, 0.1) is 5.69 Å². The predicted octanol–water partition coefficient (Wildman–Crippen LogP) is 3.96. The molecule has 0 aliphatic rings. The maximum atomic E-state index is 13.5. The molecule has 0 bridgehead atoms. The second-order valence-electron chi connectivity index (χ2n) is 5.85. The molecule has 4 rings (SSSR count). The highest BCUT2D eigenvalue weighted by Gasteiger charge is 2.29. The normalized spacial score (nSPS) is 11.6. The minimum Gasteiger partial charge on any atom is -0.333 e. The van der Waals surface area contributed by atoms with Gasteiger partial charge in [0.2, 0.25) is 5.82 Å². The fourth-order valence-electron chi connectivity index (χ4n) is 2.55. The van der Waals surface area contributed by atoms with Crippen molar-refractivity contribution in [3.05, 3.63) is 65.8 Å². The number of rotatable bonds is 5. The van der Waals surface area contributed by atoms with Gasteiger partial charge in [0.15, 0.2) is 11.6 Å². The molecule has 11 heteroatoms. The van der Waals surface area contributed by atoms with Crippen LogP contribution in [0.3, 0.4) is 0 Å². The maximum absolute atomic E-state index is 13.5. The molecule has 0 radical (unpaired) electrons. The number of benzene rings is 1. The van der Waals surface area contributed by atoms with Crippen LogP contribution in [0.5, 0.6) is 0 Å². The van der Waals surface area contributed by atoms with E-state index in [1.807, 2.05) is 0 Å². The Kier molecular flexibility index (Phi) is 4.84. The summed E-state index contributed by atoms with van der Waals surface area (Å²) in [6.45, 7) is 0. The summed E-state index contributed by atoms with van der Waals surface area (Å²) in [5, 5.41) is 5.44. The van der Waals surface area contributed by atoms with Crippen molar-refractivity contribution < 1.29 is 21.7 Å². The topological polar surface area (TPSA) is 89.2 Å². The highest BCUT2D eigenvalue weighted by Crippen LogP contribution is 2.35. The van der Waals surface area contributed by atoms with Crippen molar-refractivity contribution in [1.29, 1.82) is 0 Å². The van der Waals surface area contributed by atoms with E-state index in [0.717, 1.165) is 27.8 Å². The van der Waals surface area contributed by atoms with E-state index in [1.165, 1.54) is 19.2 Å². The minimum atomic E-state index is -4.10. The average molecular weight is 434 g/mol. The molecular weight excluding hydrogens is 422 g/mol. The summed E-state index contributed by atoms with van der Waals surface area (Å²) in [4.78, 5) is 8.39. The maximum Gasteiger partial charge on any atom is 0.269 e. The number of hydrogen-bond donors (Lipinski definition) is 0. The van der Waals surface area contributed by atoms with Crippen LogP contribution < -0.4 is 4.31 Å². The van der Waals surface area contributed by atoms with E-state index in [4.69, 9.17) is 4.52 Å². The average Bonchev–Trinajstić information content (AvgIpc) is 3.40. The summed E-state index contributed by atoms with van der Waals surface area (Å²) >= 11 is 1.10. The Morgan fingerprint density at radius 2 is 1.97 bits per heavy atom. The van der Waals surface area contributed by atoms with Gasteiger partial charge in [0, 0.05) is 31.1 Å². The number of nitrogens with zero attached hydrogens (tertiary/aromatic N) is 4. The van der Waals surface area contributed by atoms with Crippen molar-refractivity contribution >= 4 is 27.0 Å². The van der Waals surface area contributed by atoms with Crippen LogP contribution in [0.1, 0.15) is 0 Å². The molecule has 0 unspecified atom stereocenters. The largest absolute Gasteiger partial charge is 0.333 e. The van der Waals surface area contributed by atoms with Gasteiger partial charge < -0.3 is 4.52 Å². The van der Waals surface area contributed by atoms with Crippen molar-refractivity contribution in [2.45, 2.75) is 4.90 Å². The van der Waals surface area contributed by atoms with Gasteiger partial charge in [-0.05, 0) is 35.7 Å². The van der Waals surface area contributed by atoms with Crippen molar-refractivity contribution in [3.63, 3.8) is 0 Å². The molecule has 0 spiro atoms. The van der Waals surface area contributed by atoms with Crippen molar-refractivity contribution in [2.75, 3.05) is 11.4 Å². The predicted molar refractivity (Wildman–Crippen MR) is 103 cm³/mol. The summed E-state index contributed by atoms with van der Waals surface area (Å²) in [5.41, 5.74) is 0.588. The molecule has 3 aromatic heterocycles. The Morgan fingerprint density at radius 3 is 2.69 bits per heavy atom. The smallest absolute Gasteiger partial charge is 0.269 e. The number of pyridine rings is 1. The van der Waals surface area contributed by atoms with E-state index in [9.17, 15) is 17.2 Å². The zero-order chi connectivity index (χ0) is 20.6. The number of halogens is 2.